The lowest BCUT2D eigenvalue weighted by atomic mass is 10.2. The van der Waals surface area contributed by atoms with E-state index in [1.807, 2.05) is 25.1 Å². The number of aromatic nitrogens is 2. The number of benzene rings is 1. The third kappa shape index (κ3) is 6.54. The van der Waals surface area contributed by atoms with Gasteiger partial charge in [0.15, 0.2) is 0 Å². The van der Waals surface area contributed by atoms with E-state index < -0.39 is 12.1 Å². The van der Waals surface area contributed by atoms with Crippen LogP contribution in [0.4, 0.5) is 10.6 Å². The molecule has 1 aliphatic heterocycles. The van der Waals surface area contributed by atoms with Crippen molar-refractivity contribution < 1.29 is 19.4 Å². The van der Waals surface area contributed by atoms with Crippen molar-refractivity contribution in [2.75, 3.05) is 38.1 Å². The zero-order valence-electron chi connectivity index (χ0n) is 18.2. The van der Waals surface area contributed by atoms with Crippen molar-refractivity contribution in [3.8, 4) is 0 Å². The lowest BCUT2D eigenvalue weighted by Crippen LogP contribution is -2.49. The number of rotatable bonds is 8. The van der Waals surface area contributed by atoms with E-state index in [1.165, 1.54) is 16.4 Å². The summed E-state index contributed by atoms with van der Waals surface area (Å²) in [5, 5.41) is 17.0. The molecule has 1 atom stereocenters. The van der Waals surface area contributed by atoms with Crippen molar-refractivity contribution in [3.05, 3.63) is 47.7 Å². The fourth-order valence-corrected chi connectivity index (χ4v) is 3.47. The summed E-state index contributed by atoms with van der Waals surface area (Å²) >= 11 is 0. The molecule has 0 spiro atoms. The van der Waals surface area contributed by atoms with E-state index in [9.17, 15) is 14.7 Å². The van der Waals surface area contributed by atoms with E-state index in [-0.39, 0.29) is 38.0 Å². The van der Waals surface area contributed by atoms with Crippen LogP contribution in [0.1, 0.15) is 43.6 Å². The maximum Gasteiger partial charge on any atom is 0.343 e. The molecule has 1 unspecified atom stereocenters. The molecule has 0 bridgehead atoms. The average molecular weight is 446 g/mol. The maximum absolute atomic E-state index is 12.9. The Hall–Kier alpha value is -2.91. The Bertz CT molecular complexity index is 863. The minimum atomic E-state index is -0.632. The number of piperazine rings is 1. The molecular formula is C23H35N5O4. The molecule has 3 rings (SSSR count). The largest absolute Gasteiger partial charge is 0.462 e. The van der Waals surface area contributed by atoms with Crippen molar-refractivity contribution in [2.24, 2.45) is 0 Å². The number of carbonyl (C=O) groups excluding carboxylic acids is 2. The summed E-state index contributed by atoms with van der Waals surface area (Å²) in [5.74, 6) is -0.301. The topological polar surface area (TPSA) is 99.9 Å². The highest BCUT2D eigenvalue weighted by molar-refractivity contribution is 5.99. The minimum absolute atomic E-state index is 0. The number of nitrogens with zero attached hydrogens (tertiary/aromatic N) is 4. The molecule has 2 heterocycles. The van der Waals surface area contributed by atoms with E-state index >= 15 is 0 Å². The Labute approximate surface area is 190 Å². The summed E-state index contributed by atoms with van der Waals surface area (Å²) in [6, 6.07) is 9.96. The van der Waals surface area contributed by atoms with Gasteiger partial charge >= 0.3 is 12.0 Å². The molecule has 9 heteroatoms. The van der Waals surface area contributed by atoms with Crippen LogP contribution in [0.25, 0.3) is 0 Å². The molecule has 2 aromatic rings. The first-order valence-electron chi connectivity index (χ1n) is 10.7. The number of urea groups is 1. The lowest BCUT2D eigenvalue weighted by molar-refractivity contribution is 0.0527. The van der Waals surface area contributed by atoms with Crippen LogP contribution in [0.5, 0.6) is 0 Å². The molecule has 32 heavy (non-hydrogen) atoms. The van der Waals surface area contributed by atoms with Crippen LogP contribution >= 0.6 is 0 Å². The highest BCUT2D eigenvalue weighted by Crippen LogP contribution is 2.19. The molecule has 1 aliphatic rings. The molecule has 0 radical (unpaired) electrons. The number of ether oxygens (including phenoxy) is 1. The number of hydrogen-bond acceptors (Lipinski definition) is 6. The predicted octanol–water partition coefficient (Wildman–Crippen LogP) is 2.82. The van der Waals surface area contributed by atoms with E-state index in [0.717, 1.165) is 19.6 Å². The molecule has 2 amide bonds. The molecule has 0 aliphatic carbocycles. The first-order valence-corrected chi connectivity index (χ1v) is 10.7. The standard InChI is InChI=1S/C22H31N5O4.CH4/c1-3-18(28)16-27-20(19(14-23-27)21(29)31-4-2)24-22(30)26-12-10-25(11-13-26)15-17-8-6-5-7-9-17;/h5-9,14,18,28H,3-4,10-13,15-16H2,1-2H3,(H,24,30);1H4. The zero-order valence-corrected chi connectivity index (χ0v) is 18.2. The summed E-state index contributed by atoms with van der Waals surface area (Å²) < 4.78 is 6.53. The average Bonchev–Trinajstić information content (AvgIpc) is 3.17. The van der Waals surface area contributed by atoms with Gasteiger partial charge in [-0.15, -0.1) is 0 Å². The molecular weight excluding hydrogens is 410 g/mol. The number of hydrogen-bond donors (Lipinski definition) is 2. The fourth-order valence-electron chi connectivity index (χ4n) is 3.47. The van der Waals surface area contributed by atoms with Crippen LogP contribution in [0.2, 0.25) is 0 Å². The van der Waals surface area contributed by atoms with Gasteiger partial charge in [-0.3, -0.25) is 10.2 Å². The number of anilines is 1. The quantitative estimate of drug-likeness (QED) is 0.606. The maximum atomic E-state index is 12.9. The number of esters is 1. The zero-order chi connectivity index (χ0) is 22.2. The first-order chi connectivity index (χ1) is 15.0. The van der Waals surface area contributed by atoms with Gasteiger partial charge in [-0.25, -0.2) is 14.3 Å². The second-order valence-corrected chi connectivity index (χ2v) is 7.55. The number of carbonyl (C=O) groups is 2. The molecule has 1 aromatic heterocycles. The van der Waals surface area contributed by atoms with Crippen LogP contribution in [0.15, 0.2) is 36.5 Å². The van der Waals surface area contributed by atoms with Crippen molar-refractivity contribution >= 4 is 17.8 Å². The Morgan fingerprint density at radius 1 is 1.16 bits per heavy atom. The van der Waals surface area contributed by atoms with Gasteiger partial charge in [0.05, 0.1) is 25.5 Å². The van der Waals surface area contributed by atoms with Crippen molar-refractivity contribution in [2.45, 2.75) is 46.9 Å². The van der Waals surface area contributed by atoms with Crippen molar-refractivity contribution in [3.63, 3.8) is 0 Å². The van der Waals surface area contributed by atoms with E-state index in [2.05, 4.69) is 27.4 Å². The normalized spacial score (nSPS) is 15.0. The third-order valence-electron chi connectivity index (χ3n) is 5.32. The molecule has 1 saturated heterocycles. The van der Waals surface area contributed by atoms with Gasteiger partial charge in [-0.2, -0.15) is 5.10 Å². The summed E-state index contributed by atoms with van der Waals surface area (Å²) in [6.07, 6.45) is 1.27. The van der Waals surface area contributed by atoms with Gasteiger partial charge in [0.25, 0.3) is 0 Å². The Morgan fingerprint density at radius 2 is 1.84 bits per heavy atom. The van der Waals surface area contributed by atoms with Gasteiger partial charge in [-0.1, -0.05) is 44.7 Å². The second kappa shape index (κ2) is 12.2. The summed E-state index contributed by atoms with van der Waals surface area (Å²) in [5.41, 5.74) is 1.43. The number of aliphatic hydroxyl groups is 1. The Morgan fingerprint density at radius 3 is 2.47 bits per heavy atom. The fraction of sp³-hybridized carbons (Fsp3) is 0.522. The number of amides is 2. The Kier molecular flexibility index (Phi) is 9.67. The van der Waals surface area contributed by atoms with Gasteiger partial charge in [0, 0.05) is 32.7 Å². The second-order valence-electron chi connectivity index (χ2n) is 7.55. The first kappa shape index (κ1) is 25.4. The van der Waals surface area contributed by atoms with Gasteiger partial charge in [0.2, 0.25) is 0 Å². The molecule has 9 nitrogen and oxygen atoms in total. The molecule has 2 N–H and O–H groups in total. The smallest absolute Gasteiger partial charge is 0.343 e. The van der Waals surface area contributed by atoms with E-state index in [4.69, 9.17) is 4.74 Å². The third-order valence-corrected chi connectivity index (χ3v) is 5.32. The van der Waals surface area contributed by atoms with Gasteiger partial charge in [-0.05, 0) is 18.9 Å². The SMILES string of the molecule is C.CCOC(=O)c1cnn(CC(O)CC)c1NC(=O)N1CCN(Cc2ccccc2)CC1. The van der Waals surface area contributed by atoms with E-state index in [1.54, 1.807) is 11.8 Å². The molecule has 1 fully saturated rings. The van der Waals surface area contributed by atoms with E-state index in [0.29, 0.717) is 19.5 Å². The number of aliphatic hydroxyl groups excluding tert-OH is 1. The Balaban J connectivity index is 0.00000363. The summed E-state index contributed by atoms with van der Waals surface area (Å²) in [6.45, 7) is 7.52. The number of nitrogens with one attached hydrogen (secondary N) is 1. The van der Waals surface area contributed by atoms with Gasteiger partial charge in [0.1, 0.15) is 11.4 Å². The van der Waals surface area contributed by atoms with Crippen LogP contribution in [-0.4, -0.2) is 75.6 Å². The van der Waals surface area contributed by atoms with Crippen molar-refractivity contribution in [1.29, 1.82) is 0 Å². The predicted molar refractivity (Wildman–Crippen MR) is 124 cm³/mol. The lowest BCUT2D eigenvalue weighted by Gasteiger charge is -2.34. The highest BCUT2D eigenvalue weighted by Gasteiger charge is 2.26. The van der Waals surface area contributed by atoms with Crippen LogP contribution in [-0.2, 0) is 17.8 Å². The van der Waals surface area contributed by atoms with Crippen LogP contribution in [0, 0.1) is 0 Å². The van der Waals surface area contributed by atoms with Crippen molar-refractivity contribution in [1.82, 2.24) is 19.6 Å². The molecule has 176 valence electrons. The van der Waals surface area contributed by atoms with Crippen LogP contribution in [0.3, 0.4) is 0 Å². The van der Waals surface area contributed by atoms with Gasteiger partial charge < -0.3 is 14.7 Å². The molecule has 0 saturated carbocycles. The monoisotopic (exact) mass is 445 g/mol. The minimum Gasteiger partial charge on any atom is -0.462 e. The highest BCUT2D eigenvalue weighted by atomic mass is 16.5. The summed E-state index contributed by atoms with van der Waals surface area (Å²) in [7, 11) is 0. The summed E-state index contributed by atoms with van der Waals surface area (Å²) in [4.78, 5) is 29.2. The van der Waals surface area contributed by atoms with Crippen LogP contribution < -0.4 is 5.32 Å². The molecule has 1 aromatic carbocycles.